The lowest BCUT2D eigenvalue weighted by atomic mass is 9.95. The molecule has 94 valence electrons. The molecular formula is C11H22N2O3. The summed E-state index contributed by atoms with van der Waals surface area (Å²) < 4.78 is 0. The Balaban J connectivity index is 4.24. The smallest absolute Gasteiger partial charge is 0.326 e. The molecule has 0 aromatic carbocycles. The van der Waals surface area contributed by atoms with Crippen LogP contribution >= 0.6 is 0 Å². The van der Waals surface area contributed by atoms with Gasteiger partial charge >= 0.3 is 5.97 Å². The Morgan fingerprint density at radius 1 is 1.31 bits per heavy atom. The van der Waals surface area contributed by atoms with Crippen molar-refractivity contribution in [3.8, 4) is 0 Å². The molecule has 0 radical (unpaired) electrons. The average Bonchev–Trinajstić information content (AvgIpc) is 2.14. The van der Waals surface area contributed by atoms with Crippen molar-refractivity contribution in [2.75, 3.05) is 6.54 Å². The summed E-state index contributed by atoms with van der Waals surface area (Å²) in [4.78, 5) is 22.5. The minimum Gasteiger partial charge on any atom is -0.480 e. The monoisotopic (exact) mass is 230 g/mol. The first-order valence-corrected chi connectivity index (χ1v) is 5.53. The van der Waals surface area contributed by atoms with Crippen LogP contribution in [0.1, 0.15) is 40.0 Å². The highest BCUT2D eigenvalue weighted by atomic mass is 16.4. The first-order valence-electron chi connectivity index (χ1n) is 5.53. The summed E-state index contributed by atoms with van der Waals surface area (Å²) in [7, 11) is 0. The number of hydrogen-bond acceptors (Lipinski definition) is 3. The summed E-state index contributed by atoms with van der Waals surface area (Å²) in [6.07, 6.45) is 1.90. The molecule has 5 heteroatoms. The summed E-state index contributed by atoms with van der Waals surface area (Å²) in [6, 6.07) is -0.807. The molecule has 0 saturated heterocycles. The van der Waals surface area contributed by atoms with Crippen molar-refractivity contribution in [2.45, 2.75) is 46.1 Å². The topological polar surface area (TPSA) is 92.4 Å². The van der Waals surface area contributed by atoms with Crippen LogP contribution in [0.4, 0.5) is 0 Å². The number of nitrogens with one attached hydrogen (secondary N) is 1. The van der Waals surface area contributed by atoms with Gasteiger partial charge in [-0.05, 0) is 25.8 Å². The quantitative estimate of drug-likeness (QED) is 0.586. The van der Waals surface area contributed by atoms with E-state index in [1.165, 1.54) is 0 Å². The Kier molecular flexibility index (Phi) is 6.03. The predicted molar refractivity (Wildman–Crippen MR) is 61.9 cm³/mol. The van der Waals surface area contributed by atoms with Gasteiger partial charge in [0.25, 0.3) is 0 Å². The molecule has 0 aliphatic rings. The van der Waals surface area contributed by atoms with Crippen molar-refractivity contribution in [3.63, 3.8) is 0 Å². The van der Waals surface area contributed by atoms with Crippen LogP contribution in [0.3, 0.4) is 0 Å². The Morgan fingerprint density at radius 3 is 2.25 bits per heavy atom. The van der Waals surface area contributed by atoms with E-state index >= 15 is 0 Å². The highest BCUT2D eigenvalue weighted by Gasteiger charge is 2.26. The zero-order valence-electron chi connectivity index (χ0n) is 10.2. The second kappa shape index (κ2) is 6.48. The van der Waals surface area contributed by atoms with Crippen LogP contribution in [-0.2, 0) is 9.59 Å². The van der Waals surface area contributed by atoms with Crippen LogP contribution in [-0.4, -0.2) is 29.6 Å². The van der Waals surface area contributed by atoms with E-state index in [4.69, 9.17) is 10.8 Å². The zero-order chi connectivity index (χ0) is 12.8. The van der Waals surface area contributed by atoms with Crippen molar-refractivity contribution < 1.29 is 14.7 Å². The second-order valence-corrected chi connectivity index (χ2v) is 4.90. The molecule has 1 amide bonds. The minimum absolute atomic E-state index is 0.243. The van der Waals surface area contributed by atoms with E-state index in [1.54, 1.807) is 20.8 Å². The number of unbranched alkanes of at least 4 members (excludes halogenated alkanes) is 1. The Bertz CT molecular complexity index is 246. The van der Waals surface area contributed by atoms with E-state index in [9.17, 15) is 9.59 Å². The Labute approximate surface area is 96.4 Å². The summed E-state index contributed by atoms with van der Waals surface area (Å²) in [5.74, 6) is -1.23. The van der Waals surface area contributed by atoms with Crippen molar-refractivity contribution in [2.24, 2.45) is 11.1 Å². The van der Waals surface area contributed by atoms with Gasteiger partial charge in [0, 0.05) is 5.41 Å². The molecule has 0 bridgehead atoms. The van der Waals surface area contributed by atoms with Gasteiger partial charge in [0.2, 0.25) is 5.91 Å². The van der Waals surface area contributed by atoms with Gasteiger partial charge in [-0.1, -0.05) is 20.8 Å². The molecule has 0 aliphatic carbocycles. The minimum atomic E-state index is -0.991. The highest BCUT2D eigenvalue weighted by molar-refractivity contribution is 5.86. The van der Waals surface area contributed by atoms with Gasteiger partial charge in [-0.3, -0.25) is 4.79 Å². The molecule has 0 aromatic rings. The fourth-order valence-electron chi connectivity index (χ4n) is 1.12. The molecule has 4 N–H and O–H groups in total. The van der Waals surface area contributed by atoms with Crippen LogP contribution in [0, 0.1) is 5.41 Å². The fraction of sp³-hybridized carbons (Fsp3) is 0.818. The molecule has 0 unspecified atom stereocenters. The van der Waals surface area contributed by atoms with E-state index in [0.717, 1.165) is 6.42 Å². The molecule has 0 rings (SSSR count). The normalized spacial score (nSPS) is 13.2. The lowest BCUT2D eigenvalue weighted by molar-refractivity contribution is -0.143. The van der Waals surface area contributed by atoms with Crippen LogP contribution in [0.2, 0.25) is 0 Å². The summed E-state index contributed by atoms with van der Waals surface area (Å²) in [5.41, 5.74) is 4.76. The number of carbonyl (C=O) groups excluding carboxylic acids is 1. The van der Waals surface area contributed by atoms with Crippen LogP contribution in [0.5, 0.6) is 0 Å². The lowest BCUT2D eigenvalue weighted by Crippen LogP contribution is -2.45. The van der Waals surface area contributed by atoms with Gasteiger partial charge in [0.05, 0.1) is 0 Å². The third-order valence-corrected chi connectivity index (χ3v) is 2.23. The van der Waals surface area contributed by atoms with E-state index in [0.29, 0.717) is 19.4 Å². The first kappa shape index (κ1) is 14.9. The summed E-state index contributed by atoms with van der Waals surface area (Å²) in [5, 5.41) is 11.5. The molecule has 0 aromatic heterocycles. The molecule has 0 spiro atoms. The van der Waals surface area contributed by atoms with Gasteiger partial charge in [-0.15, -0.1) is 0 Å². The maximum atomic E-state index is 11.6. The van der Waals surface area contributed by atoms with Gasteiger partial charge in [-0.25, -0.2) is 4.79 Å². The Hall–Kier alpha value is -1.10. The van der Waals surface area contributed by atoms with Crippen LogP contribution in [0.25, 0.3) is 0 Å². The van der Waals surface area contributed by atoms with Crippen LogP contribution < -0.4 is 11.1 Å². The molecule has 0 saturated carbocycles. The molecule has 0 aliphatic heterocycles. The second-order valence-electron chi connectivity index (χ2n) is 4.90. The van der Waals surface area contributed by atoms with E-state index < -0.39 is 17.4 Å². The third-order valence-electron chi connectivity index (χ3n) is 2.23. The van der Waals surface area contributed by atoms with E-state index in [-0.39, 0.29) is 5.91 Å². The lowest BCUT2D eigenvalue weighted by Gasteiger charge is -2.21. The zero-order valence-corrected chi connectivity index (χ0v) is 10.2. The number of hydrogen-bond donors (Lipinski definition) is 3. The number of aliphatic carboxylic acids is 1. The maximum absolute atomic E-state index is 11.6. The van der Waals surface area contributed by atoms with E-state index in [1.807, 2.05) is 0 Å². The average molecular weight is 230 g/mol. The fourth-order valence-corrected chi connectivity index (χ4v) is 1.12. The van der Waals surface area contributed by atoms with Gasteiger partial charge < -0.3 is 16.2 Å². The molecule has 16 heavy (non-hydrogen) atoms. The largest absolute Gasteiger partial charge is 0.480 e. The predicted octanol–water partition coefficient (Wildman–Crippen LogP) is 0.731. The maximum Gasteiger partial charge on any atom is 0.326 e. The first-order chi connectivity index (χ1) is 7.29. The number of carboxylic acids is 1. The molecule has 0 heterocycles. The summed E-state index contributed by atoms with van der Waals surface area (Å²) >= 11 is 0. The molecule has 5 nitrogen and oxygen atoms in total. The highest BCUT2D eigenvalue weighted by Crippen LogP contribution is 2.13. The van der Waals surface area contributed by atoms with Gasteiger partial charge in [0.1, 0.15) is 6.04 Å². The third kappa shape index (κ3) is 5.70. The SMILES string of the molecule is CC(C)(C)C(=O)N[C@@H](CCCCN)C(=O)O. The van der Waals surface area contributed by atoms with E-state index in [2.05, 4.69) is 5.32 Å². The van der Waals surface area contributed by atoms with Crippen molar-refractivity contribution in [1.29, 1.82) is 0 Å². The van der Waals surface area contributed by atoms with Gasteiger partial charge in [0.15, 0.2) is 0 Å². The Morgan fingerprint density at radius 2 is 1.88 bits per heavy atom. The molecular weight excluding hydrogens is 208 g/mol. The van der Waals surface area contributed by atoms with Crippen molar-refractivity contribution >= 4 is 11.9 Å². The van der Waals surface area contributed by atoms with Crippen molar-refractivity contribution in [1.82, 2.24) is 5.32 Å². The number of carboxylic acid groups (broad SMARTS) is 1. The van der Waals surface area contributed by atoms with Gasteiger partial charge in [-0.2, -0.15) is 0 Å². The van der Waals surface area contributed by atoms with Crippen molar-refractivity contribution in [3.05, 3.63) is 0 Å². The number of carbonyl (C=O) groups is 2. The molecule has 1 atom stereocenters. The molecule has 0 fully saturated rings. The van der Waals surface area contributed by atoms with Crippen LogP contribution in [0.15, 0.2) is 0 Å². The standard InChI is InChI=1S/C11H22N2O3/c1-11(2,3)10(16)13-8(9(14)15)6-4-5-7-12/h8H,4-7,12H2,1-3H3,(H,13,16)(H,14,15)/t8-/m0/s1. The summed E-state index contributed by atoms with van der Waals surface area (Å²) in [6.45, 7) is 5.79. The number of rotatable bonds is 6. The number of amides is 1. The number of nitrogens with two attached hydrogens (primary N) is 1.